The number of ketones is 1. The molecule has 0 aromatic heterocycles. The van der Waals surface area contributed by atoms with Crippen molar-refractivity contribution in [2.75, 3.05) is 21.2 Å². The summed E-state index contributed by atoms with van der Waals surface area (Å²) >= 11 is 0. The van der Waals surface area contributed by atoms with E-state index in [9.17, 15) is 34.8 Å². The Hall–Kier alpha value is -1.79. The van der Waals surface area contributed by atoms with Gasteiger partial charge in [-0.05, 0) is 74.9 Å². The lowest BCUT2D eigenvalue weighted by Crippen LogP contribution is -2.61. The average Bonchev–Trinajstić information content (AvgIpc) is 3.08. The molecule has 0 spiro atoms. The zero-order valence-corrected chi connectivity index (χ0v) is 34.8. The maximum atomic E-state index is 14.2. The van der Waals surface area contributed by atoms with Gasteiger partial charge in [0.25, 0.3) is 0 Å². The van der Waals surface area contributed by atoms with Crippen molar-refractivity contribution in [3.63, 3.8) is 0 Å². The van der Waals surface area contributed by atoms with Crippen LogP contribution < -0.4 is 0 Å². The molecule has 0 radical (unpaired) electrons. The van der Waals surface area contributed by atoms with Crippen LogP contribution in [0.4, 0.5) is 0 Å². The lowest BCUT2D eigenvalue weighted by molar-refractivity contribution is -0.318. The summed E-state index contributed by atoms with van der Waals surface area (Å²) in [5.74, 6) is -5.68. The van der Waals surface area contributed by atoms with Crippen molar-refractivity contribution < 1.29 is 68.0 Å². The zero-order valence-electron chi connectivity index (χ0n) is 34.8. The average molecular weight is 776 g/mol. The van der Waals surface area contributed by atoms with Crippen molar-refractivity contribution in [3.8, 4) is 0 Å². The molecule has 0 aromatic rings. The summed E-state index contributed by atoms with van der Waals surface area (Å²) < 4.78 is 43.3. The van der Waals surface area contributed by atoms with Crippen LogP contribution in [0.3, 0.4) is 0 Å². The van der Waals surface area contributed by atoms with Crippen LogP contribution in [0.5, 0.6) is 0 Å². The molecule has 9 unspecified atom stereocenters. The van der Waals surface area contributed by atoms with E-state index in [0.717, 1.165) is 0 Å². The quantitative estimate of drug-likeness (QED) is 0.262. The third kappa shape index (κ3) is 10.2. The van der Waals surface area contributed by atoms with Crippen LogP contribution >= 0.6 is 0 Å². The number of nitrogens with zero attached hydrogens (tertiary/aromatic N) is 1. The van der Waals surface area contributed by atoms with Gasteiger partial charge < -0.3 is 58.5 Å². The summed E-state index contributed by atoms with van der Waals surface area (Å²) in [6, 6.07) is -0.320. The predicted molar refractivity (Wildman–Crippen MR) is 196 cm³/mol. The van der Waals surface area contributed by atoms with E-state index in [1.54, 1.807) is 41.5 Å². The van der Waals surface area contributed by atoms with Crippen LogP contribution in [0.1, 0.15) is 102 Å². The number of rotatable bonds is 8. The van der Waals surface area contributed by atoms with Crippen molar-refractivity contribution in [1.82, 2.24) is 4.90 Å². The van der Waals surface area contributed by atoms with Gasteiger partial charge >= 0.3 is 11.9 Å². The number of methoxy groups -OCH3 is 1. The fourth-order valence-electron chi connectivity index (χ4n) is 8.71. The minimum absolute atomic E-state index is 0.0755. The van der Waals surface area contributed by atoms with Gasteiger partial charge in [-0.2, -0.15) is 0 Å². The van der Waals surface area contributed by atoms with Gasteiger partial charge in [0.15, 0.2) is 18.7 Å². The summed E-state index contributed by atoms with van der Waals surface area (Å²) in [4.78, 5) is 42.4. The Labute approximate surface area is 321 Å². The van der Waals surface area contributed by atoms with E-state index in [-0.39, 0.29) is 31.4 Å². The molecular formula is C39H69NO14. The minimum atomic E-state index is -2.01. The van der Waals surface area contributed by atoms with Gasteiger partial charge in [0.1, 0.15) is 23.6 Å². The number of likely N-dealkylation sites (N-methyl/N-ethyl adjacent to an activating group) is 1. The highest BCUT2D eigenvalue weighted by Gasteiger charge is 2.54. The Kier molecular flexibility index (Phi) is 15.7. The van der Waals surface area contributed by atoms with E-state index in [4.69, 9.17) is 33.2 Å². The van der Waals surface area contributed by atoms with Crippen LogP contribution in [-0.4, -0.2) is 149 Å². The number of esters is 2. The number of aliphatic hydroxyl groups is 4. The first-order valence-corrected chi connectivity index (χ1v) is 19.4. The van der Waals surface area contributed by atoms with Crippen LogP contribution in [0.2, 0.25) is 0 Å². The molecule has 18 atom stereocenters. The second-order valence-corrected chi connectivity index (χ2v) is 17.1. The van der Waals surface area contributed by atoms with Crippen molar-refractivity contribution in [1.29, 1.82) is 0 Å². The molecule has 0 bridgehead atoms. The van der Waals surface area contributed by atoms with Gasteiger partial charge in [-0.15, -0.1) is 0 Å². The summed E-state index contributed by atoms with van der Waals surface area (Å²) in [6.45, 7) is 17.6. The zero-order chi connectivity index (χ0) is 41.2. The standard InChI is InChI=1S/C39H69NO14/c1-15-27-39(11,47)32(43)21(4)29(42)19(2)17-37(9,46)34(54-36-31(51-25(8)41)26(40(12)13)16-20(3)49-36)22(5)30(23(6)35(45)52-27)53-28-18-38(10,48-14)33(44)24(7)50-28/h19-24,26-28,30-34,36,43-44,46-47H,15-18H2,1-14H3/t19-,20?,21+,22?,23?,24?,26?,27?,28?,30?,31-,32-,33+,34-,36?,37+,38-,39-/m1/s1. The smallest absolute Gasteiger partial charge is 0.311 e. The maximum Gasteiger partial charge on any atom is 0.311 e. The third-order valence-electron chi connectivity index (χ3n) is 12.1. The summed E-state index contributed by atoms with van der Waals surface area (Å²) in [5.41, 5.74) is -4.92. The molecule has 15 heteroatoms. The number of Topliss-reactive ketones (excluding diaryl/α,β-unsaturated/α-hetero) is 1. The SMILES string of the molecule is CCC1OC(=O)C(C)C(OC2C[C@@](C)(OC)[C@@H](O)C(C)O2)C(C)[C@@H](OC2OC(C)CC(N(C)C)[C@H]2OC(C)=O)[C@@](C)(O)C[C@@H](C)C(=O)[C@H](C)[C@@H](O)[C@]1(C)O. The Morgan fingerprint density at radius 1 is 0.907 bits per heavy atom. The fraction of sp³-hybridized carbons (Fsp3) is 0.923. The van der Waals surface area contributed by atoms with E-state index in [2.05, 4.69) is 0 Å². The maximum absolute atomic E-state index is 14.2. The molecular weight excluding hydrogens is 706 g/mol. The van der Waals surface area contributed by atoms with Gasteiger partial charge in [0.2, 0.25) is 0 Å². The van der Waals surface area contributed by atoms with Crippen molar-refractivity contribution >= 4 is 17.7 Å². The summed E-state index contributed by atoms with van der Waals surface area (Å²) in [7, 11) is 5.19. The van der Waals surface area contributed by atoms with E-state index in [1.807, 2.05) is 25.9 Å². The highest BCUT2D eigenvalue weighted by molar-refractivity contribution is 5.83. The van der Waals surface area contributed by atoms with E-state index < -0.39 is 114 Å². The number of carbonyl (C=O) groups excluding carboxylic acids is 3. The van der Waals surface area contributed by atoms with Gasteiger partial charge in [-0.3, -0.25) is 14.4 Å². The lowest BCUT2D eigenvalue weighted by atomic mass is 9.74. The fourth-order valence-corrected chi connectivity index (χ4v) is 8.71. The monoisotopic (exact) mass is 775 g/mol. The van der Waals surface area contributed by atoms with Gasteiger partial charge in [-0.25, -0.2) is 0 Å². The Balaban J connectivity index is 2.23. The predicted octanol–water partition coefficient (Wildman–Crippen LogP) is 2.36. The molecule has 0 amide bonds. The summed E-state index contributed by atoms with van der Waals surface area (Å²) in [5, 5.41) is 46.5. The summed E-state index contributed by atoms with van der Waals surface area (Å²) in [6.07, 6.45) is -9.80. The molecule has 3 rings (SSSR count). The molecule has 314 valence electrons. The normalized spacial score (nSPS) is 47.5. The van der Waals surface area contributed by atoms with E-state index in [0.29, 0.717) is 6.42 Å². The molecule has 3 aliphatic heterocycles. The second kappa shape index (κ2) is 18.2. The molecule has 0 aromatic carbocycles. The number of cyclic esters (lactones) is 1. The number of hydrogen-bond acceptors (Lipinski definition) is 15. The van der Waals surface area contributed by atoms with Crippen molar-refractivity contribution in [2.24, 2.45) is 23.7 Å². The number of hydrogen-bond donors (Lipinski definition) is 4. The molecule has 3 aliphatic rings. The minimum Gasteiger partial charge on any atom is -0.459 e. The molecule has 15 nitrogen and oxygen atoms in total. The largest absolute Gasteiger partial charge is 0.459 e. The van der Waals surface area contributed by atoms with Crippen LogP contribution in [-0.2, 0) is 47.5 Å². The van der Waals surface area contributed by atoms with Gasteiger partial charge in [-0.1, -0.05) is 27.7 Å². The highest BCUT2D eigenvalue weighted by Crippen LogP contribution is 2.41. The number of aliphatic hydroxyl groups excluding tert-OH is 2. The highest BCUT2D eigenvalue weighted by atomic mass is 16.7. The van der Waals surface area contributed by atoms with E-state index in [1.165, 1.54) is 34.8 Å². The van der Waals surface area contributed by atoms with Crippen LogP contribution in [0, 0.1) is 23.7 Å². The molecule has 3 saturated heterocycles. The van der Waals surface area contributed by atoms with Gasteiger partial charge in [0.05, 0.1) is 53.7 Å². The number of carbonyl (C=O) groups is 3. The van der Waals surface area contributed by atoms with Gasteiger partial charge in [0, 0.05) is 38.2 Å². The van der Waals surface area contributed by atoms with Crippen LogP contribution in [0.15, 0.2) is 0 Å². The molecule has 3 heterocycles. The Morgan fingerprint density at radius 2 is 1.52 bits per heavy atom. The lowest BCUT2D eigenvalue weighted by Gasteiger charge is -2.49. The number of ether oxygens (including phenoxy) is 7. The molecule has 3 fully saturated rings. The van der Waals surface area contributed by atoms with Crippen molar-refractivity contribution in [2.45, 2.75) is 186 Å². The molecule has 0 aliphatic carbocycles. The molecule has 0 saturated carbocycles. The Bertz CT molecular complexity index is 1280. The molecule has 4 N–H and O–H groups in total. The first-order valence-electron chi connectivity index (χ1n) is 19.4. The first kappa shape index (κ1) is 46.6. The first-order chi connectivity index (χ1) is 24.8. The van der Waals surface area contributed by atoms with Crippen molar-refractivity contribution in [3.05, 3.63) is 0 Å². The molecule has 54 heavy (non-hydrogen) atoms. The van der Waals surface area contributed by atoms with E-state index >= 15 is 0 Å². The topological polar surface area (TPSA) is 200 Å². The second-order valence-electron chi connectivity index (χ2n) is 17.1. The third-order valence-corrected chi connectivity index (χ3v) is 12.1. The van der Waals surface area contributed by atoms with Crippen LogP contribution in [0.25, 0.3) is 0 Å². The Morgan fingerprint density at radius 3 is 2.06 bits per heavy atom.